The predicted octanol–water partition coefficient (Wildman–Crippen LogP) is 2.17. The minimum absolute atomic E-state index is 0.118. The van der Waals surface area contributed by atoms with E-state index >= 15 is 0 Å². The van der Waals surface area contributed by atoms with Crippen molar-refractivity contribution in [3.8, 4) is 11.5 Å². The molecule has 0 saturated carbocycles. The molecular weight excluding hydrogens is 290 g/mol. The van der Waals surface area contributed by atoms with Gasteiger partial charge in [0.1, 0.15) is 11.5 Å². The fourth-order valence-electron chi connectivity index (χ4n) is 3.41. The third-order valence-corrected chi connectivity index (χ3v) is 4.65. The van der Waals surface area contributed by atoms with Crippen LogP contribution in [0.5, 0.6) is 11.5 Å². The van der Waals surface area contributed by atoms with Crippen molar-refractivity contribution < 1.29 is 9.53 Å². The van der Waals surface area contributed by atoms with E-state index in [2.05, 4.69) is 10.3 Å². The summed E-state index contributed by atoms with van der Waals surface area (Å²) in [6, 6.07) is 11.0. The van der Waals surface area contributed by atoms with Crippen LogP contribution < -0.4 is 10.1 Å². The summed E-state index contributed by atoms with van der Waals surface area (Å²) in [7, 11) is 0. The SMILES string of the molecule is O=C(c1ccc(Oc2cccnc2)cc1)N1C[C@H]2CNC[C@H]2C1. The maximum atomic E-state index is 12.6. The van der Waals surface area contributed by atoms with Crippen molar-refractivity contribution in [2.45, 2.75) is 0 Å². The zero-order chi connectivity index (χ0) is 15.6. The third-order valence-electron chi connectivity index (χ3n) is 4.65. The lowest BCUT2D eigenvalue weighted by molar-refractivity contribution is 0.0781. The number of ether oxygens (including phenoxy) is 1. The van der Waals surface area contributed by atoms with Crippen molar-refractivity contribution in [3.63, 3.8) is 0 Å². The van der Waals surface area contributed by atoms with Gasteiger partial charge in [-0.25, -0.2) is 0 Å². The first-order valence-electron chi connectivity index (χ1n) is 7.97. The number of nitrogens with one attached hydrogen (secondary N) is 1. The fraction of sp³-hybridized carbons (Fsp3) is 0.333. The first-order chi connectivity index (χ1) is 11.3. The number of rotatable bonds is 3. The molecule has 2 fully saturated rings. The minimum atomic E-state index is 0.118. The fourth-order valence-corrected chi connectivity index (χ4v) is 3.41. The molecule has 2 saturated heterocycles. The highest BCUT2D eigenvalue weighted by Gasteiger charge is 2.38. The van der Waals surface area contributed by atoms with Gasteiger partial charge in [0.25, 0.3) is 5.91 Å². The van der Waals surface area contributed by atoms with Crippen LogP contribution in [0.15, 0.2) is 48.8 Å². The summed E-state index contributed by atoms with van der Waals surface area (Å²) < 4.78 is 5.70. The average Bonchev–Trinajstić information content (AvgIpc) is 3.17. The Morgan fingerprint density at radius 1 is 1.09 bits per heavy atom. The topological polar surface area (TPSA) is 54.5 Å². The molecule has 3 heterocycles. The molecule has 5 nitrogen and oxygen atoms in total. The first-order valence-corrected chi connectivity index (χ1v) is 7.97. The molecule has 1 N–H and O–H groups in total. The number of hydrogen-bond acceptors (Lipinski definition) is 4. The lowest BCUT2D eigenvalue weighted by Gasteiger charge is -2.17. The lowest BCUT2D eigenvalue weighted by atomic mass is 10.0. The molecule has 2 aromatic rings. The van der Waals surface area contributed by atoms with Gasteiger partial charge in [-0.2, -0.15) is 0 Å². The van der Waals surface area contributed by atoms with E-state index in [0.717, 1.165) is 31.7 Å². The second-order valence-corrected chi connectivity index (χ2v) is 6.20. The van der Waals surface area contributed by atoms with Gasteiger partial charge in [0.05, 0.1) is 6.20 Å². The molecule has 0 unspecified atom stereocenters. The lowest BCUT2D eigenvalue weighted by Crippen LogP contribution is -2.31. The third kappa shape index (κ3) is 2.92. The van der Waals surface area contributed by atoms with Crippen molar-refractivity contribution in [1.29, 1.82) is 0 Å². The number of pyridine rings is 1. The van der Waals surface area contributed by atoms with Crippen molar-refractivity contribution >= 4 is 5.91 Å². The predicted molar refractivity (Wildman–Crippen MR) is 86.5 cm³/mol. The maximum Gasteiger partial charge on any atom is 0.253 e. The Labute approximate surface area is 135 Å². The number of nitrogens with zero attached hydrogens (tertiary/aromatic N) is 2. The van der Waals surface area contributed by atoms with Gasteiger partial charge in [-0.3, -0.25) is 9.78 Å². The monoisotopic (exact) mass is 309 g/mol. The Kier molecular flexibility index (Phi) is 3.71. The van der Waals surface area contributed by atoms with Crippen LogP contribution in [0.4, 0.5) is 0 Å². The summed E-state index contributed by atoms with van der Waals surface area (Å²) >= 11 is 0. The molecule has 0 aliphatic carbocycles. The quantitative estimate of drug-likeness (QED) is 0.944. The van der Waals surface area contributed by atoms with Gasteiger partial charge >= 0.3 is 0 Å². The highest BCUT2D eigenvalue weighted by Crippen LogP contribution is 2.28. The second kappa shape index (κ2) is 6.01. The zero-order valence-corrected chi connectivity index (χ0v) is 12.8. The molecule has 0 radical (unpaired) electrons. The van der Waals surface area contributed by atoms with Gasteiger partial charge in [-0.1, -0.05) is 0 Å². The number of fused-ring (bicyclic) bond motifs is 1. The molecule has 23 heavy (non-hydrogen) atoms. The van der Waals surface area contributed by atoms with E-state index in [9.17, 15) is 4.79 Å². The highest BCUT2D eigenvalue weighted by molar-refractivity contribution is 5.94. The van der Waals surface area contributed by atoms with Crippen molar-refractivity contribution in [1.82, 2.24) is 15.2 Å². The van der Waals surface area contributed by atoms with Crippen LogP contribution in [0.2, 0.25) is 0 Å². The first kappa shape index (κ1) is 14.2. The number of amides is 1. The number of carbonyl (C=O) groups is 1. The summed E-state index contributed by atoms with van der Waals surface area (Å²) in [5, 5.41) is 3.39. The second-order valence-electron chi connectivity index (χ2n) is 6.20. The normalized spacial score (nSPS) is 22.9. The summed E-state index contributed by atoms with van der Waals surface area (Å²) in [6.45, 7) is 3.80. The van der Waals surface area contributed by atoms with E-state index in [1.807, 2.05) is 41.3 Å². The molecule has 4 rings (SSSR count). The zero-order valence-electron chi connectivity index (χ0n) is 12.8. The minimum Gasteiger partial charge on any atom is -0.456 e. The molecule has 2 atom stereocenters. The van der Waals surface area contributed by atoms with Gasteiger partial charge in [-0.05, 0) is 48.2 Å². The number of aromatic nitrogens is 1. The Morgan fingerprint density at radius 2 is 1.83 bits per heavy atom. The van der Waals surface area contributed by atoms with Crippen LogP contribution in [0.1, 0.15) is 10.4 Å². The number of hydrogen-bond donors (Lipinski definition) is 1. The van der Waals surface area contributed by atoms with Crippen molar-refractivity contribution in [3.05, 3.63) is 54.4 Å². The summed E-state index contributed by atoms with van der Waals surface area (Å²) in [5.74, 6) is 2.75. The van der Waals surface area contributed by atoms with Gasteiger partial charge < -0.3 is 15.0 Å². The molecule has 2 aliphatic heterocycles. The van der Waals surface area contributed by atoms with Crippen LogP contribution in [-0.2, 0) is 0 Å². The van der Waals surface area contributed by atoms with E-state index in [1.165, 1.54) is 0 Å². The molecule has 1 aromatic heterocycles. The van der Waals surface area contributed by atoms with Crippen molar-refractivity contribution in [2.75, 3.05) is 26.2 Å². The highest BCUT2D eigenvalue weighted by atomic mass is 16.5. The molecule has 5 heteroatoms. The van der Waals surface area contributed by atoms with Crippen molar-refractivity contribution in [2.24, 2.45) is 11.8 Å². The summed E-state index contributed by atoms with van der Waals surface area (Å²) in [5.41, 5.74) is 0.719. The molecule has 1 aromatic carbocycles. The Bertz CT molecular complexity index is 675. The van der Waals surface area contributed by atoms with Crippen LogP contribution >= 0.6 is 0 Å². The largest absolute Gasteiger partial charge is 0.456 e. The molecular formula is C18H19N3O2. The van der Waals surface area contributed by atoms with Gasteiger partial charge in [0.2, 0.25) is 0 Å². The molecule has 0 bridgehead atoms. The maximum absolute atomic E-state index is 12.6. The van der Waals surface area contributed by atoms with E-state index in [0.29, 0.717) is 23.3 Å². The Balaban J connectivity index is 1.42. The smallest absolute Gasteiger partial charge is 0.253 e. The van der Waals surface area contributed by atoms with E-state index < -0.39 is 0 Å². The number of benzene rings is 1. The van der Waals surface area contributed by atoms with E-state index in [1.54, 1.807) is 12.4 Å². The van der Waals surface area contributed by atoms with Crippen LogP contribution in [0.3, 0.4) is 0 Å². The van der Waals surface area contributed by atoms with Crippen LogP contribution in [0.25, 0.3) is 0 Å². The molecule has 2 aliphatic rings. The average molecular weight is 309 g/mol. The van der Waals surface area contributed by atoms with Gasteiger partial charge in [0, 0.05) is 37.9 Å². The number of carbonyl (C=O) groups excluding carboxylic acids is 1. The van der Waals surface area contributed by atoms with Gasteiger partial charge in [-0.15, -0.1) is 0 Å². The molecule has 0 spiro atoms. The van der Waals surface area contributed by atoms with E-state index in [4.69, 9.17) is 4.74 Å². The van der Waals surface area contributed by atoms with Crippen LogP contribution in [0, 0.1) is 11.8 Å². The van der Waals surface area contributed by atoms with Gasteiger partial charge in [0.15, 0.2) is 0 Å². The standard InChI is InChI=1S/C18H19N3O2/c22-18(21-11-14-8-20-9-15(14)12-21)13-3-5-16(6-4-13)23-17-2-1-7-19-10-17/h1-7,10,14-15,20H,8-9,11-12H2/t14-,15+. The number of likely N-dealkylation sites (tertiary alicyclic amines) is 1. The molecule has 118 valence electrons. The molecule has 1 amide bonds. The Morgan fingerprint density at radius 3 is 2.48 bits per heavy atom. The Hall–Kier alpha value is -2.40. The van der Waals surface area contributed by atoms with Crippen LogP contribution in [-0.4, -0.2) is 42.0 Å². The van der Waals surface area contributed by atoms with E-state index in [-0.39, 0.29) is 5.91 Å². The summed E-state index contributed by atoms with van der Waals surface area (Å²) in [6.07, 6.45) is 3.37. The summed E-state index contributed by atoms with van der Waals surface area (Å²) in [4.78, 5) is 18.6.